The molecule has 2 aromatic rings. The Labute approximate surface area is 147 Å². The van der Waals surface area contributed by atoms with Gasteiger partial charge in [0.1, 0.15) is 11.8 Å². The molecule has 130 valence electrons. The Morgan fingerprint density at radius 1 is 1.20 bits per heavy atom. The molecule has 0 radical (unpaired) electrons. The van der Waals surface area contributed by atoms with Crippen LogP contribution >= 0.6 is 0 Å². The van der Waals surface area contributed by atoms with E-state index in [4.69, 9.17) is 4.74 Å². The summed E-state index contributed by atoms with van der Waals surface area (Å²) in [5, 5.41) is 2.95. The number of carbonyl (C=O) groups is 2. The van der Waals surface area contributed by atoms with Crippen LogP contribution in [0, 0.1) is 0 Å². The molecule has 25 heavy (non-hydrogen) atoms. The smallest absolute Gasteiger partial charge is 0.243 e. The zero-order valence-corrected chi connectivity index (χ0v) is 14.5. The second kappa shape index (κ2) is 7.38. The molecule has 0 bridgehead atoms. The minimum atomic E-state index is -0.490. The Kier molecular flexibility index (Phi) is 5.03. The van der Waals surface area contributed by atoms with Gasteiger partial charge in [0.2, 0.25) is 11.8 Å². The van der Waals surface area contributed by atoms with E-state index in [0.717, 1.165) is 22.6 Å². The van der Waals surface area contributed by atoms with Crippen LogP contribution in [0.2, 0.25) is 0 Å². The van der Waals surface area contributed by atoms with Gasteiger partial charge in [0.25, 0.3) is 0 Å². The highest BCUT2D eigenvalue weighted by atomic mass is 16.5. The van der Waals surface area contributed by atoms with E-state index in [2.05, 4.69) is 5.32 Å². The largest absolute Gasteiger partial charge is 0.497 e. The van der Waals surface area contributed by atoms with Crippen LogP contribution < -0.4 is 15.0 Å². The molecular formula is C20H22N2O3. The number of nitrogens with zero attached hydrogens (tertiary/aromatic N) is 1. The van der Waals surface area contributed by atoms with Crippen LogP contribution in [-0.4, -0.2) is 25.0 Å². The standard InChI is InChI=1S/C20H22N2O3/c1-3-19(23)22-17-10-5-4-8-15(17)12-18(22)20(24)21-13-14-7-6-9-16(11-14)25-2/h4-11,18H,3,12-13H2,1-2H3,(H,21,24)/t18-/m1/s1. The van der Waals surface area contributed by atoms with Crippen molar-refractivity contribution < 1.29 is 14.3 Å². The van der Waals surface area contributed by atoms with Crippen LogP contribution in [0.3, 0.4) is 0 Å². The minimum absolute atomic E-state index is 0.0357. The van der Waals surface area contributed by atoms with Crippen molar-refractivity contribution in [3.8, 4) is 5.75 Å². The molecule has 2 amide bonds. The molecule has 3 rings (SSSR count). The molecule has 0 unspecified atom stereocenters. The van der Waals surface area contributed by atoms with Crippen molar-refractivity contribution in [2.24, 2.45) is 0 Å². The maximum absolute atomic E-state index is 12.7. The SMILES string of the molecule is CCC(=O)N1c2ccccc2C[C@@H]1C(=O)NCc1cccc(OC)c1. The Bertz CT molecular complexity index is 788. The zero-order valence-electron chi connectivity index (χ0n) is 14.5. The van der Waals surface area contributed by atoms with E-state index in [1.807, 2.05) is 55.5 Å². The number of ether oxygens (including phenoxy) is 1. The maximum Gasteiger partial charge on any atom is 0.243 e. The van der Waals surface area contributed by atoms with Gasteiger partial charge in [-0.05, 0) is 29.3 Å². The number of carbonyl (C=O) groups excluding carboxylic acids is 2. The Balaban J connectivity index is 1.74. The molecule has 0 fully saturated rings. The minimum Gasteiger partial charge on any atom is -0.497 e. The highest BCUT2D eigenvalue weighted by Gasteiger charge is 2.37. The predicted molar refractivity (Wildman–Crippen MR) is 96.6 cm³/mol. The molecule has 0 spiro atoms. The second-order valence-corrected chi connectivity index (χ2v) is 6.04. The molecular weight excluding hydrogens is 316 g/mol. The van der Waals surface area contributed by atoms with E-state index in [9.17, 15) is 9.59 Å². The number of nitrogens with one attached hydrogen (secondary N) is 1. The summed E-state index contributed by atoms with van der Waals surface area (Å²) in [4.78, 5) is 26.8. The highest BCUT2D eigenvalue weighted by molar-refractivity contribution is 6.03. The van der Waals surface area contributed by atoms with Crippen LogP contribution in [0.4, 0.5) is 5.69 Å². The summed E-state index contributed by atoms with van der Waals surface area (Å²) >= 11 is 0. The van der Waals surface area contributed by atoms with Gasteiger partial charge in [-0.25, -0.2) is 0 Å². The monoisotopic (exact) mass is 338 g/mol. The summed E-state index contributed by atoms with van der Waals surface area (Å²) in [6, 6.07) is 14.8. The molecule has 0 aromatic heterocycles. The van der Waals surface area contributed by atoms with E-state index in [-0.39, 0.29) is 11.8 Å². The first-order valence-electron chi connectivity index (χ1n) is 8.44. The topological polar surface area (TPSA) is 58.6 Å². The lowest BCUT2D eigenvalue weighted by atomic mass is 10.1. The average molecular weight is 338 g/mol. The number of benzene rings is 2. The Morgan fingerprint density at radius 3 is 2.76 bits per heavy atom. The lowest BCUT2D eigenvalue weighted by Gasteiger charge is -2.24. The number of fused-ring (bicyclic) bond motifs is 1. The van der Waals surface area contributed by atoms with E-state index in [1.54, 1.807) is 12.0 Å². The summed E-state index contributed by atoms with van der Waals surface area (Å²) in [5.41, 5.74) is 2.83. The van der Waals surface area contributed by atoms with Crippen LogP contribution in [0.25, 0.3) is 0 Å². The number of rotatable bonds is 5. The summed E-state index contributed by atoms with van der Waals surface area (Å²) in [5.74, 6) is 0.579. The van der Waals surface area contributed by atoms with Crippen molar-refractivity contribution in [2.75, 3.05) is 12.0 Å². The molecule has 2 aromatic carbocycles. The summed E-state index contributed by atoms with van der Waals surface area (Å²) in [6.07, 6.45) is 0.917. The first kappa shape index (κ1) is 17.0. The third-order valence-corrected chi connectivity index (χ3v) is 4.45. The average Bonchev–Trinajstić information content (AvgIpc) is 3.05. The van der Waals surface area contributed by atoms with E-state index < -0.39 is 6.04 Å². The highest BCUT2D eigenvalue weighted by Crippen LogP contribution is 2.32. The van der Waals surface area contributed by atoms with Gasteiger partial charge < -0.3 is 10.1 Å². The van der Waals surface area contributed by atoms with E-state index in [0.29, 0.717) is 19.4 Å². The second-order valence-electron chi connectivity index (χ2n) is 6.04. The molecule has 1 heterocycles. The molecule has 1 N–H and O–H groups in total. The van der Waals surface area contributed by atoms with Gasteiger partial charge in [0.15, 0.2) is 0 Å². The Hall–Kier alpha value is -2.82. The van der Waals surface area contributed by atoms with Crippen molar-refractivity contribution in [2.45, 2.75) is 32.4 Å². The number of hydrogen-bond donors (Lipinski definition) is 1. The molecule has 5 nitrogen and oxygen atoms in total. The number of methoxy groups -OCH3 is 1. The number of anilines is 1. The van der Waals surface area contributed by atoms with Crippen molar-refractivity contribution in [1.82, 2.24) is 5.32 Å². The maximum atomic E-state index is 12.7. The molecule has 0 saturated heterocycles. The van der Waals surface area contributed by atoms with Gasteiger partial charge in [0, 0.05) is 25.1 Å². The fraction of sp³-hybridized carbons (Fsp3) is 0.300. The van der Waals surface area contributed by atoms with Crippen LogP contribution in [0.15, 0.2) is 48.5 Å². The van der Waals surface area contributed by atoms with Crippen molar-refractivity contribution in [3.05, 3.63) is 59.7 Å². The Morgan fingerprint density at radius 2 is 2.00 bits per heavy atom. The van der Waals surface area contributed by atoms with Crippen LogP contribution in [0.1, 0.15) is 24.5 Å². The van der Waals surface area contributed by atoms with Crippen molar-refractivity contribution in [3.63, 3.8) is 0 Å². The number of para-hydroxylation sites is 1. The summed E-state index contributed by atoms with van der Waals surface area (Å²) in [6.45, 7) is 2.21. The fourth-order valence-corrected chi connectivity index (χ4v) is 3.16. The third-order valence-electron chi connectivity index (χ3n) is 4.45. The van der Waals surface area contributed by atoms with E-state index >= 15 is 0 Å². The lowest BCUT2D eigenvalue weighted by Crippen LogP contribution is -2.47. The van der Waals surface area contributed by atoms with Gasteiger partial charge in [-0.15, -0.1) is 0 Å². The van der Waals surface area contributed by atoms with Gasteiger partial charge in [-0.1, -0.05) is 37.3 Å². The van der Waals surface area contributed by atoms with Gasteiger partial charge >= 0.3 is 0 Å². The number of amides is 2. The molecule has 0 aliphatic carbocycles. The predicted octanol–water partition coefficient (Wildman–Crippen LogP) is 2.68. The molecule has 5 heteroatoms. The first-order valence-corrected chi connectivity index (χ1v) is 8.44. The third kappa shape index (κ3) is 3.50. The van der Waals surface area contributed by atoms with Crippen LogP contribution in [-0.2, 0) is 22.6 Å². The molecule has 1 atom stereocenters. The first-order chi connectivity index (χ1) is 12.1. The van der Waals surface area contributed by atoms with Crippen LogP contribution in [0.5, 0.6) is 5.75 Å². The summed E-state index contributed by atoms with van der Waals surface area (Å²) in [7, 11) is 1.61. The quantitative estimate of drug-likeness (QED) is 0.912. The van der Waals surface area contributed by atoms with Gasteiger partial charge in [0.05, 0.1) is 7.11 Å². The molecule has 1 aliphatic rings. The number of hydrogen-bond acceptors (Lipinski definition) is 3. The normalized spacial score (nSPS) is 15.6. The molecule has 0 saturated carbocycles. The molecule has 1 aliphatic heterocycles. The van der Waals surface area contributed by atoms with Gasteiger partial charge in [-0.2, -0.15) is 0 Å². The van der Waals surface area contributed by atoms with Crippen molar-refractivity contribution in [1.29, 1.82) is 0 Å². The summed E-state index contributed by atoms with van der Waals surface area (Å²) < 4.78 is 5.20. The van der Waals surface area contributed by atoms with Gasteiger partial charge in [-0.3, -0.25) is 14.5 Å². The lowest BCUT2D eigenvalue weighted by molar-refractivity contribution is -0.126. The van der Waals surface area contributed by atoms with Crippen molar-refractivity contribution >= 4 is 17.5 Å². The van der Waals surface area contributed by atoms with E-state index in [1.165, 1.54) is 0 Å². The zero-order chi connectivity index (χ0) is 17.8. The fourth-order valence-electron chi connectivity index (χ4n) is 3.16.